The second kappa shape index (κ2) is 25.0. The maximum atomic E-state index is 14.0. The number of nitrogens with one attached hydrogen (secondary N) is 5. The van der Waals surface area contributed by atoms with E-state index in [-0.39, 0.29) is 50.4 Å². The SMILES string of the molecule is NCCCC[C@H](NC(=O)[C@H](Cc1ccccc1)NC(=O)[C@@H](CCCN=C(N)N)NC(=O)[C@@H](N)Cc1ccccc1)C(=O)N[C@@H](CO)C(=O)N[C@@H](CS)C(N)=O. The number of nitrogens with two attached hydrogens (primary N) is 5. The summed E-state index contributed by atoms with van der Waals surface area (Å²) in [6.07, 6.45) is 1.57. The summed E-state index contributed by atoms with van der Waals surface area (Å²) >= 11 is 3.98. The molecule has 0 aromatic heterocycles. The standard InChI is InChI=1S/C36H55N11O7S/c37-16-8-7-14-25(33(52)46-28(20-48)35(54)47-29(21-55)30(39)49)44-34(53)27(19-23-12-5-2-6-13-23)45-32(51)26(15-9-17-42-36(40)41)43-31(50)24(38)18-22-10-3-1-4-11-22/h1-6,10-13,24-29,48,55H,7-9,14-21,37-38H2,(H2,39,49)(H,43,50)(H,44,53)(H,45,51)(H,46,52)(H,47,54)(H4,40,41,42)/t24-,25-,26+,27-,28-,29-/m0/s1. The van der Waals surface area contributed by atoms with Crippen molar-refractivity contribution in [1.29, 1.82) is 0 Å². The molecule has 0 aliphatic carbocycles. The van der Waals surface area contributed by atoms with Gasteiger partial charge in [0.2, 0.25) is 35.4 Å². The zero-order valence-electron chi connectivity index (χ0n) is 30.7. The Hall–Kier alpha value is -5.24. The Kier molecular flexibility index (Phi) is 20.8. The monoisotopic (exact) mass is 785 g/mol. The normalized spacial score (nSPS) is 14.1. The lowest BCUT2D eigenvalue weighted by atomic mass is 10.0. The van der Waals surface area contributed by atoms with Crippen molar-refractivity contribution in [2.24, 2.45) is 33.7 Å². The summed E-state index contributed by atoms with van der Waals surface area (Å²) < 4.78 is 0. The van der Waals surface area contributed by atoms with Crippen LogP contribution in [0.3, 0.4) is 0 Å². The molecule has 0 saturated carbocycles. The lowest BCUT2D eigenvalue weighted by molar-refractivity contribution is -0.135. The highest BCUT2D eigenvalue weighted by Crippen LogP contribution is 2.09. The van der Waals surface area contributed by atoms with Crippen molar-refractivity contribution < 1.29 is 33.9 Å². The zero-order chi connectivity index (χ0) is 40.8. The van der Waals surface area contributed by atoms with Gasteiger partial charge in [-0.05, 0) is 56.2 Å². The average Bonchev–Trinajstić information content (AvgIpc) is 3.16. The van der Waals surface area contributed by atoms with Crippen LogP contribution >= 0.6 is 12.6 Å². The van der Waals surface area contributed by atoms with Gasteiger partial charge in [-0.15, -0.1) is 0 Å². The van der Waals surface area contributed by atoms with Gasteiger partial charge >= 0.3 is 0 Å². The predicted octanol–water partition coefficient (Wildman–Crippen LogP) is -3.19. The van der Waals surface area contributed by atoms with Crippen LogP contribution in [0.25, 0.3) is 0 Å². The number of aliphatic imine (C=N–C) groups is 1. The first-order valence-electron chi connectivity index (χ1n) is 17.9. The molecule has 2 aromatic carbocycles. The third-order valence-electron chi connectivity index (χ3n) is 8.37. The fraction of sp³-hybridized carbons (Fsp3) is 0.472. The minimum absolute atomic E-state index is 0.00234. The van der Waals surface area contributed by atoms with Crippen molar-refractivity contribution in [2.45, 2.75) is 81.2 Å². The van der Waals surface area contributed by atoms with Crippen LogP contribution in [0.5, 0.6) is 0 Å². The number of thiol groups is 1. The van der Waals surface area contributed by atoms with Crippen molar-refractivity contribution in [2.75, 3.05) is 25.4 Å². The van der Waals surface area contributed by atoms with Gasteiger partial charge in [-0.1, -0.05) is 60.7 Å². The van der Waals surface area contributed by atoms with Gasteiger partial charge in [0.15, 0.2) is 5.96 Å². The lowest BCUT2D eigenvalue weighted by Gasteiger charge is -2.27. The number of aliphatic hydroxyl groups is 1. The minimum atomic E-state index is -1.50. The van der Waals surface area contributed by atoms with E-state index in [1.54, 1.807) is 30.3 Å². The number of benzene rings is 2. The second-order valence-electron chi connectivity index (χ2n) is 12.8. The van der Waals surface area contributed by atoms with Crippen LogP contribution < -0.4 is 55.3 Å². The summed E-state index contributed by atoms with van der Waals surface area (Å²) in [6, 6.07) is 10.6. The molecule has 0 unspecified atom stereocenters. The van der Waals surface area contributed by atoms with E-state index in [0.717, 1.165) is 5.56 Å². The Morgan fingerprint density at radius 2 is 1.07 bits per heavy atom. The van der Waals surface area contributed by atoms with Gasteiger partial charge in [-0.2, -0.15) is 12.6 Å². The molecule has 19 heteroatoms. The Balaban J connectivity index is 2.34. The highest BCUT2D eigenvalue weighted by Gasteiger charge is 2.32. The van der Waals surface area contributed by atoms with Crippen molar-refractivity contribution in [3.05, 3.63) is 71.8 Å². The average molecular weight is 786 g/mol. The van der Waals surface area contributed by atoms with Crippen LogP contribution in [0.4, 0.5) is 0 Å². The first kappa shape index (κ1) is 45.9. The van der Waals surface area contributed by atoms with E-state index in [2.05, 4.69) is 44.2 Å². The first-order valence-corrected chi connectivity index (χ1v) is 18.5. The summed E-state index contributed by atoms with van der Waals surface area (Å²) in [4.78, 5) is 83.0. The topological polar surface area (TPSA) is 325 Å². The minimum Gasteiger partial charge on any atom is -0.394 e. The van der Waals surface area contributed by atoms with Crippen LogP contribution in [0.2, 0.25) is 0 Å². The predicted molar refractivity (Wildman–Crippen MR) is 211 cm³/mol. The van der Waals surface area contributed by atoms with E-state index >= 15 is 0 Å². The number of guanidine groups is 1. The summed E-state index contributed by atoms with van der Waals surface area (Å²) in [5.74, 6) is -4.88. The Morgan fingerprint density at radius 3 is 1.58 bits per heavy atom. The van der Waals surface area contributed by atoms with Gasteiger partial charge in [0.25, 0.3) is 0 Å². The molecule has 0 aliphatic rings. The van der Waals surface area contributed by atoms with E-state index in [4.69, 9.17) is 28.7 Å². The number of unbranched alkanes of at least 4 members (excludes halogenated alkanes) is 1. The summed E-state index contributed by atoms with van der Waals surface area (Å²) in [5, 5.41) is 22.7. The van der Waals surface area contributed by atoms with Gasteiger partial charge in [0.1, 0.15) is 30.2 Å². The van der Waals surface area contributed by atoms with E-state index in [1.807, 2.05) is 30.3 Å². The van der Waals surface area contributed by atoms with Gasteiger partial charge in [-0.3, -0.25) is 33.8 Å². The number of aliphatic hydroxyl groups excluding tert-OH is 1. The zero-order valence-corrected chi connectivity index (χ0v) is 31.6. The number of hydrogen-bond acceptors (Lipinski definition) is 11. The number of nitrogens with zero attached hydrogens (tertiary/aromatic N) is 1. The molecule has 0 spiro atoms. The Morgan fingerprint density at radius 1 is 0.618 bits per heavy atom. The van der Waals surface area contributed by atoms with E-state index in [1.165, 1.54) is 0 Å². The first-order chi connectivity index (χ1) is 26.3. The van der Waals surface area contributed by atoms with Crippen molar-refractivity contribution in [3.63, 3.8) is 0 Å². The van der Waals surface area contributed by atoms with E-state index in [9.17, 15) is 33.9 Å². The highest BCUT2D eigenvalue weighted by molar-refractivity contribution is 7.80. The second-order valence-corrected chi connectivity index (χ2v) is 13.2. The molecule has 302 valence electrons. The molecule has 0 fully saturated rings. The molecule has 18 nitrogen and oxygen atoms in total. The Bertz CT molecular complexity index is 1570. The van der Waals surface area contributed by atoms with Gasteiger partial charge in [0.05, 0.1) is 12.6 Å². The molecule has 0 heterocycles. The molecule has 6 atom stereocenters. The number of amides is 6. The number of rotatable bonds is 25. The van der Waals surface area contributed by atoms with Gasteiger partial charge in [0, 0.05) is 18.7 Å². The molecule has 2 aromatic rings. The number of primary amides is 1. The molecule has 0 bridgehead atoms. The van der Waals surface area contributed by atoms with E-state index < -0.39 is 78.3 Å². The van der Waals surface area contributed by atoms with Crippen molar-refractivity contribution in [3.8, 4) is 0 Å². The maximum Gasteiger partial charge on any atom is 0.245 e. The number of carbonyl (C=O) groups is 6. The van der Waals surface area contributed by atoms with Gasteiger partial charge < -0.3 is 60.4 Å². The van der Waals surface area contributed by atoms with Crippen LogP contribution in [0, 0.1) is 0 Å². The summed E-state index contributed by atoms with van der Waals surface area (Å²) in [5.41, 5.74) is 29.5. The van der Waals surface area contributed by atoms with Crippen LogP contribution in [0.1, 0.15) is 43.2 Å². The molecule has 0 radical (unpaired) electrons. The van der Waals surface area contributed by atoms with Crippen LogP contribution in [0.15, 0.2) is 65.7 Å². The molecule has 0 aliphatic heterocycles. The van der Waals surface area contributed by atoms with Crippen molar-refractivity contribution >= 4 is 54.0 Å². The van der Waals surface area contributed by atoms with Crippen molar-refractivity contribution in [1.82, 2.24) is 26.6 Å². The molecule has 6 amide bonds. The molecule has 16 N–H and O–H groups in total. The molecule has 2 rings (SSSR count). The molecular weight excluding hydrogens is 731 g/mol. The van der Waals surface area contributed by atoms with E-state index in [0.29, 0.717) is 24.9 Å². The smallest absolute Gasteiger partial charge is 0.245 e. The third-order valence-corrected chi connectivity index (χ3v) is 8.73. The fourth-order valence-electron chi connectivity index (χ4n) is 5.32. The highest BCUT2D eigenvalue weighted by atomic mass is 32.1. The number of carbonyl (C=O) groups excluding carboxylic acids is 6. The molecular formula is C36H55N11O7S. The fourth-order valence-corrected chi connectivity index (χ4v) is 5.59. The lowest BCUT2D eigenvalue weighted by Crippen LogP contribution is -2.60. The van der Waals surface area contributed by atoms with Crippen LogP contribution in [-0.2, 0) is 41.6 Å². The number of hydrogen-bond donors (Lipinski definition) is 12. The third kappa shape index (κ3) is 17.2. The molecule has 55 heavy (non-hydrogen) atoms. The largest absolute Gasteiger partial charge is 0.394 e. The summed E-state index contributed by atoms with van der Waals surface area (Å²) in [6.45, 7) is -0.368. The quantitative estimate of drug-likeness (QED) is 0.0206. The molecule has 0 saturated heterocycles. The van der Waals surface area contributed by atoms with Crippen LogP contribution in [-0.4, -0.2) is 108 Å². The maximum absolute atomic E-state index is 14.0. The Labute approximate surface area is 326 Å². The van der Waals surface area contributed by atoms with Gasteiger partial charge in [-0.25, -0.2) is 0 Å². The summed E-state index contributed by atoms with van der Waals surface area (Å²) in [7, 11) is 0.